The van der Waals surface area contributed by atoms with Gasteiger partial charge in [-0.1, -0.05) is 18.9 Å². The van der Waals surface area contributed by atoms with Gasteiger partial charge in [0.25, 0.3) is 0 Å². The molecule has 168 valence electrons. The van der Waals surface area contributed by atoms with Crippen molar-refractivity contribution >= 4 is 9.52 Å². The standard InChI is InChI=1S/C22H22F6O2Si/c1-12(29-2)31-16-6-3-13(4-7-16)14-5-8-17(18(23)9-14)22(27,28)30-15-10-19(24)21(26)20(25)11-15/h5,8-13,16H,3-4,6-7H2,1-2H3. The zero-order valence-electron chi connectivity index (χ0n) is 17.0. The Morgan fingerprint density at radius 1 is 0.935 bits per heavy atom. The summed E-state index contributed by atoms with van der Waals surface area (Å²) in [5.74, 6) is -7.23. The molecule has 3 rings (SSSR count). The largest absolute Gasteiger partial charge is 0.429 e. The van der Waals surface area contributed by atoms with Crippen LogP contribution < -0.4 is 4.74 Å². The molecule has 0 saturated heterocycles. The lowest BCUT2D eigenvalue weighted by molar-refractivity contribution is -0.187. The van der Waals surface area contributed by atoms with Gasteiger partial charge < -0.3 is 9.47 Å². The quantitative estimate of drug-likeness (QED) is 0.266. The van der Waals surface area contributed by atoms with E-state index in [0.29, 0.717) is 20.6 Å². The lowest BCUT2D eigenvalue weighted by Gasteiger charge is -2.30. The molecule has 1 aliphatic rings. The molecule has 2 aromatic carbocycles. The number of hydrogen-bond acceptors (Lipinski definition) is 2. The topological polar surface area (TPSA) is 18.5 Å². The number of rotatable bonds is 7. The smallest absolute Gasteiger partial charge is 0.429 e. The van der Waals surface area contributed by atoms with Gasteiger partial charge in [-0.3, -0.25) is 0 Å². The first-order valence-corrected chi connectivity index (χ1v) is 11.1. The summed E-state index contributed by atoms with van der Waals surface area (Å²) in [6.07, 6.45) is -0.626. The van der Waals surface area contributed by atoms with Crippen molar-refractivity contribution in [3.8, 4) is 5.75 Å². The van der Waals surface area contributed by atoms with E-state index in [1.54, 1.807) is 7.11 Å². The maximum absolute atomic E-state index is 14.5. The highest BCUT2D eigenvalue weighted by Crippen LogP contribution is 2.40. The van der Waals surface area contributed by atoms with Crippen LogP contribution in [0.5, 0.6) is 5.75 Å². The molecule has 0 aromatic heterocycles. The second-order valence-corrected chi connectivity index (χ2v) is 9.62. The van der Waals surface area contributed by atoms with Crippen LogP contribution in [0.2, 0.25) is 5.54 Å². The number of halogens is 6. The molecule has 0 spiro atoms. The van der Waals surface area contributed by atoms with Gasteiger partial charge in [-0.15, -0.1) is 0 Å². The van der Waals surface area contributed by atoms with Crippen molar-refractivity contribution in [3.63, 3.8) is 0 Å². The predicted octanol–water partition coefficient (Wildman–Crippen LogP) is 6.51. The van der Waals surface area contributed by atoms with Crippen molar-refractivity contribution in [2.75, 3.05) is 7.11 Å². The van der Waals surface area contributed by atoms with Gasteiger partial charge in [0, 0.05) is 25.0 Å². The van der Waals surface area contributed by atoms with E-state index >= 15 is 0 Å². The van der Waals surface area contributed by atoms with E-state index in [9.17, 15) is 26.3 Å². The van der Waals surface area contributed by atoms with Gasteiger partial charge in [0.1, 0.15) is 11.6 Å². The third kappa shape index (κ3) is 5.63. The minimum atomic E-state index is -4.20. The summed E-state index contributed by atoms with van der Waals surface area (Å²) in [7, 11) is 2.36. The molecule has 0 aliphatic heterocycles. The van der Waals surface area contributed by atoms with Crippen LogP contribution in [0.3, 0.4) is 0 Å². The normalized spacial score (nSPS) is 20.5. The molecule has 0 amide bonds. The first-order chi connectivity index (χ1) is 14.6. The van der Waals surface area contributed by atoms with Gasteiger partial charge in [0.15, 0.2) is 17.5 Å². The average Bonchev–Trinajstić information content (AvgIpc) is 2.71. The third-order valence-corrected chi connectivity index (χ3v) is 7.29. The molecule has 31 heavy (non-hydrogen) atoms. The molecule has 1 saturated carbocycles. The lowest BCUT2D eigenvalue weighted by atomic mass is 9.83. The number of alkyl halides is 2. The Balaban J connectivity index is 1.70. The van der Waals surface area contributed by atoms with Crippen molar-refractivity contribution in [3.05, 3.63) is 64.7 Å². The molecule has 1 fully saturated rings. The van der Waals surface area contributed by atoms with Crippen LogP contribution in [0.1, 0.15) is 49.7 Å². The average molecular weight is 460 g/mol. The van der Waals surface area contributed by atoms with E-state index in [0.717, 1.165) is 37.8 Å². The Hall–Kier alpha value is -2.00. The van der Waals surface area contributed by atoms with Crippen LogP contribution >= 0.6 is 0 Å². The van der Waals surface area contributed by atoms with Crippen LogP contribution in [0.15, 0.2) is 30.3 Å². The summed E-state index contributed by atoms with van der Waals surface area (Å²) < 4.78 is 92.5. The highest BCUT2D eigenvalue weighted by atomic mass is 28.2. The van der Waals surface area contributed by atoms with E-state index in [-0.39, 0.29) is 23.8 Å². The van der Waals surface area contributed by atoms with E-state index in [1.165, 1.54) is 6.07 Å². The number of benzene rings is 2. The third-order valence-electron chi connectivity index (χ3n) is 5.53. The van der Waals surface area contributed by atoms with Crippen LogP contribution in [-0.4, -0.2) is 22.4 Å². The van der Waals surface area contributed by atoms with Crippen molar-refractivity contribution in [2.24, 2.45) is 0 Å². The molecule has 1 aliphatic carbocycles. The molecule has 2 nitrogen and oxygen atoms in total. The Morgan fingerprint density at radius 3 is 2.10 bits per heavy atom. The van der Waals surface area contributed by atoms with Crippen LogP contribution in [0, 0.1) is 23.3 Å². The van der Waals surface area contributed by atoms with Crippen LogP contribution in [0.25, 0.3) is 0 Å². The van der Waals surface area contributed by atoms with Gasteiger partial charge in [-0.05, 0) is 48.9 Å². The molecule has 2 aromatic rings. The molecular formula is C22H22F6O2Si. The summed E-state index contributed by atoms with van der Waals surface area (Å²) in [5, 5.41) is 0. The minimum Gasteiger partial charge on any atom is -0.429 e. The molecule has 1 atom stereocenters. The van der Waals surface area contributed by atoms with Crippen molar-refractivity contribution in [1.29, 1.82) is 0 Å². The molecule has 0 N–H and O–H groups in total. The maximum Gasteiger partial charge on any atom is 0.429 e. The molecule has 9 heteroatoms. The van der Waals surface area contributed by atoms with Crippen LogP contribution in [-0.2, 0) is 10.8 Å². The van der Waals surface area contributed by atoms with E-state index in [4.69, 9.17) is 4.74 Å². The summed E-state index contributed by atoms with van der Waals surface area (Å²) in [6.45, 7) is 2.02. The Morgan fingerprint density at radius 2 is 1.55 bits per heavy atom. The Labute approximate surface area is 179 Å². The summed E-state index contributed by atoms with van der Waals surface area (Å²) >= 11 is 0. The second-order valence-electron chi connectivity index (χ2n) is 7.65. The SMILES string of the molecule is COC(C)[Si]C1CCC(c2ccc(C(F)(F)Oc3cc(F)c(F)c(F)c3)c(F)c2)CC1. The van der Waals surface area contributed by atoms with Gasteiger partial charge in [0.05, 0.1) is 15.1 Å². The van der Waals surface area contributed by atoms with Gasteiger partial charge in [-0.2, -0.15) is 8.78 Å². The number of methoxy groups -OCH3 is 1. The fourth-order valence-corrected chi connectivity index (χ4v) is 5.28. The van der Waals surface area contributed by atoms with Gasteiger partial charge in [-0.25, -0.2) is 17.6 Å². The monoisotopic (exact) mass is 460 g/mol. The fraction of sp³-hybridized carbons (Fsp3) is 0.455. The lowest BCUT2D eigenvalue weighted by Crippen LogP contribution is -2.24. The second kappa shape index (κ2) is 9.64. The predicted molar refractivity (Wildman–Crippen MR) is 104 cm³/mol. The summed E-state index contributed by atoms with van der Waals surface area (Å²) in [4.78, 5) is 0. The van der Waals surface area contributed by atoms with Crippen LogP contribution in [0.4, 0.5) is 26.3 Å². The number of hydrogen-bond donors (Lipinski definition) is 0. The van der Waals surface area contributed by atoms with E-state index in [1.807, 2.05) is 6.92 Å². The fourth-order valence-electron chi connectivity index (χ4n) is 3.81. The van der Waals surface area contributed by atoms with E-state index in [2.05, 4.69) is 4.74 Å². The van der Waals surface area contributed by atoms with Crippen molar-refractivity contribution in [2.45, 2.75) is 55.9 Å². The van der Waals surface area contributed by atoms with E-state index < -0.39 is 40.7 Å². The first-order valence-electron chi connectivity index (χ1n) is 9.91. The molecule has 0 heterocycles. The van der Waals surface area contributed by atoms with Gasteiger partial charge in [0.2, 0.25) is 0 Å². The first kappa shape index (κ1) is 23.7. The Bertz CT molecular complexity index is 892. The molecule has 2 radical (unpaired) electrons. The highest BCUT2D eigenvalue weighted by molar-refractivity contribution is 6.39. The maximum atomic E-state index is 14.5. The molecule has 1 unspecified atom stereocenters. The van der Waals surface area contributed by atoms with Gasteiger partial charge >= 0.3 is 6.11 Å². The summed E-state index contributed by atoms with van der Waals surface area (Å²) in [6, 6.07) is 3.96. The van der Waals surface area contributed by atoms with Crippen molar-refractivity contribution in [1.82, 2.24) is 0 Å². The zero-order valence-corrected chi connectivity index (χ0v) is 18.0. The minimum absolute atomic E-state index is 0.0669. The van der Waals surface area contributed by atoms with Crippen molar-refractivity contribution < 1.29 is 35.8 Å². The molecule has 0 bridgehead atoms. The highest BCUT2D eigenvalue weighted by Gasteiger charge is 2.38. The number of ether oxygens (including phenoxy) is 2. The zero-order chi connectivity index (χ0) is 22.8. The summed E-state index contributed by atoms with van der Waals surface area (Å²) in [5.41, 5.74) is 0.302. The molecular weight excluding hydrogens is 438 g/mol. The Kier molecular flexibility index (Phi) is 7.36.